The summed E-state index contributed by atoms with van der Waals surface area (Å²) >= 11 is 0. The Morgan fingerprint density at radius 2 is 1.75 bits per heavy atom. The lowest BCUT2D eigenvalue weighted by Gasteiger charge is -2.33. The van der Waals surface area contributed by atoms with Gasteiger partial charge in [0.15, 0.2) is 5.78 Å². The minimum absolute atomic E-state index is 0.0697. The van der Waals surface area contributed by atoms with Crippen molar-refractivity contribution in [3.63, 3.8) is 0 Å². The lowest BCUT2D eigenvalue weighted by molar-refractivity contribution is -0.152. The topological polar surface area (TPSA) is 117 Å². The van der Waals surface area contributed by atoms with Gasteiger partial charge in [-0.3, -0.25) is 9.59 Å². The number of aryl methyl sites for hydroxylation is 2. The zero-order valence-electron chi connectivity index (χ0n) is 23.1. The summed E-state index contributed by atoms with van der Waals surface area (Å²) in [4.78, 5) is 38.7. The third-order valence-corrected chi connectivity index (χ3v) is 7.28. The predicted octanol–water partition coefficient (Wildman–Crippen LogP) is 3.37. The van der Waals surface area contributed by atoms with Gasteiger partial charge in [-0.1, -0.05) is 72.8 Å². The predicted molar refractivity (Wildman–Crippen MR) is 155 cm³/mol. The number of likely N-dealkylation sites (N-methyl/N-ethyl adjacent to an activating group) is 1. The highest BCUT2D eigenvalue weighted by Gasteiger charge is 2.28. The summed E-state index contributed by atoms with van der Waals surface area (Å²) in [6.07, 6.45) is 3.95. The van der Waals surface area contributed by atoms with E-state index in [-0.39, 0.29) is 24.9 Å². The molecule has 3 aromatic rings. The highest BCUT2D eigenvalue weighted by molar-refractivity contribution is 5.86. The van der Waals surface area contributed by atoms with Crippen molar-refractivity contribution in [1.29, 1.82) is 0 Å². The molecule has 9 nitrogen and oxygen atoms in total. The number of hydrogen-bond donors (Lipinski definition) is 3. The van der Waals surface area contributed by atoms with Crippen LogP contribution in [-0.4, -0.2) is 66.7 Å². The maximum absolute atomic E-state index is 13.5. The van der Waals surface area contributed by atoms with E-state index in [2.05, 4.69) is 35.0 Å². The van der Waals surface area contributed by atoms with Gasteiger partial charge in [0.1, 0.15) is 6.61 Å². The highest BCUT2D eigenvalue weighted by Crippen LogP contribution is 2.18. The summed E-state index contributed by atoms with van der Waals surface area (Å²) < 4.78 is 5.58. The molecule has 1 fully saturated rings. The van der Waals surface area contributed by atoms with Gasteiger partial charge in [-0.05, 0) is 60.5 Å². The molecule has 0 saturated carbocycles. The van der Waals surface area contributed by atoms with Gasteiger partial charge < -0.3 is 15.8 Å². The molecule has 212 valence electrons. The van der Waals surface area contributed by atoms with E-state index in [1.54, 1.807) is 0 Å². The molecule has 1 saturated heterocycles. The molecule has 2 atom stereocenters. The molecule has 3 amide bonds. The van der Waals surface area contributed by atoms with Crippen molar-refractivity contribution < 1.29 is 19.1 Å². The Bertz CT molecular complexity index is 1280. The van der Waals surface area contributed by atoms with Gasteiger partial charge in [-0.15, -0.1) is 0 Å². The minimum Gasteiger partial charge on any atom is -0.370 e. The summed E-state index contributed by atoms with van der Waals surface area (Å²) in [5.74, 6) is -0.519. The van der Waals surface area contributed by atoms with Crippen LogP contribution in [0.3, 0.4) is 0 Å². The lowest BCUT2D eigenvalue weighted by atomic mass is 9.97. The second-order valence-electron chi connectivity index (χ2n) is 10.2. The maximum Gasteiger partial charge on any atom is 0.348 e. The van der Waals surface area contributed by atoms with Gasteiger partial charge >= 0.3 is 6.03 Å². The molecule has 0 bridgehead atoms. The van der Waals surface area contributed by atoms with E-state index in [0.29, 0.717) is 25.9 Å². The largest absolute Gasteiger partial charge is 0.370 e. The van der Waals surface area contributed by atoms with E-state index < -0.39 is 18.0 Å². The number of carbonyl (C=O) groups excluding carboxylic acids is 3. The Morgan fingerprint density at radius 1 is 1.00 bits per heavy atom. The molecule has 40 heavy (non-hydrogen) atoms. The lowest BCUT2D eigenvalue weighted by Crippen LogP contribution is -2.61. The third-order valence-electron chi connectivity index (χ3n) is 7.28. The molecule has 0 aromatic heterocycles. The SMILES string of the molecule is CN(C(=O)COC[C@H]1CCCN1)N(NC(CCc1ccccc1)C(=O)CCc1ccc2ccccc2c1)C(N)=O. The van der Waals surface area contributed by atoms with Crippen molar-refractivity contribution in [3.8, 4) is 0 Å². The van der Waals surface area contributed by atoms with Crippen LogP contribution in [0.4, 0.5) is 4.79 Å². The molecular weight excluding hydrogens is 506 g/mol. The Balaban J connectivity index is 1.40. The van der Waals surface area contributed by atoms with Crippen LogP contribution in [0, 0.1) is 0 Å². The highest BCUT2D eigenvalue weighted by atomic mass is 16.5. The first-order valence-corrected chi connectivity index (χ1v) is 13.9. The quantitative estimate of drug-likeness (QED) is 0.284. The van der Waals surface area contributed by atoms with Crippen molar-refractivity contribution in [2.75, 3.05) is 26.8 Å². The smallest absolute Gasteiger partial charge is 0.348 e. The van der Waals surface area contributed by atoms with Crippen molar-refractivity contribution in [3.05, 3.63) is 83.9 Å². The molecule has 1 aliphatic rings. The Hall–Kier alpha value is -3.79. The van der Waals surface area contributed by atoms with Crippen LogP contribution < -0.4 is 16.5 Å². The molecule has 1 heterocycles. The van der Waals surface area contributed by atoms with Gasteiger partial charge in [-0.25, -0.2) is 9.80 Å². The number of fused-ring (bicyclic) bond motifs is 1. The number of rotatable bonds is 13. The maximum atomic E-state index is 13.5. The number of nitrogens with two attached hydrogens (primary N) is 1. The van der Waals surface area contributed by atoms with Crippen LogP contribution in [0.25, 0.3) is 10.8 Å². The summed E-state index contributed by atoms with van der Waals surface area (Å²) in [6.45, 7) is 1.15. The van der Waals surface area contributed by atoms with Crippen molar-refractivity contribution in [2.24, 2.45) is 5.73 Å². The molecule has 1 unspecified atom stereocenters. The van der Waals surface area contributed by atoms with Gasteiger partial charge in [0.25, 0.3) is 5.91 Å². The van der Waals surface area contributed by atoms with Crippen LogP contribution in [0.1, 0.15) is 36.8 Å². The Kier molecular flexibility index (Phi) is 10.6. The van der Waals surface area contributed by atoms with Crippen LogP contribution in [-0.2, 0) is 27.2 Å². The van der Waals surface area contributed by atoms with Gasteiger partial charge in [0, 0.05) is 19.5 Å². The fraction of sp³-hybridized carbons (Fsp3) is 0.387. The molecular formula is C31H39N5O4. The number of hydrazine groups is 2. The zero-order chi connectivity index (χ0) is 28.3. The molecule has 0 radical (unpaired) electrons. The molecule has 0 aliphatic carbocycles. The van der Waals surface area contributed by atoms with Gasteiger partial charge in [-0.2, -0.15) is 10.5 Å². The Morgan fingerprint density at radius 3 is 2.48 bits per heavy atom. The second-order valence-corrected chi connectivity index (χ2v) is 10.2. The van der Waals surface area contributed by atoms with Crippen LogP contribution in [0.2, 0.25) is 0 Å². The number of nitrogens with one attached hydrogen (secondary N) is 2. The van der Waals surface area contributed by atoms with Crippen molar-refractivity contribution >= 4 is 28.5 Å². The minimum atomic E-state index is -0.889. The van der Waals surface area contributed by atoms with Crippen molar-refractivity contribution in [1.82, 2.24) is 20.9 Å². The first-order valence-electron chi connectivity index (χ1n) is 13.9. The number of ketones is 1. The van der Waals surface area contributed by atoms with E-state index in [0.717, 1.165) is 51.4 Å². The number of benzene rings is 3. The second kappa shape index (κ2) is 14.6. The third kappa shape index (κ3) is 8.35. The Labute approximate surface area is 235 Å². The monoisotopic (exact) mass is 545 g/mol. The number of Topliss-reactive ketones (excluding diaryl/α,β-unsaturated/α-hetero) is 1. The fourth-order valence-electron chi connectivity index (χ4n) is 4.93. The van der Waals surface area contributed by atoms with Crippen LogP contribution >= 0.6 is 0 Å². The summed E-state index contributed by atoms with van der Waals surface area (Å²) in [6, 6.07) is 22.7. The first kappa shape index (κ1) is 29.2. The van der Waals surface area contributed by atoms with Gasteiger partial charge in [0.05, 0.1) is 12.6 Å². The molecule has 9 heteroatoms. The van der Waals surface area contributed by atoms with Crippen molar-refractivity contribution in [2.45, 2.75) is 50.6 Å². The molecule has 4 N–H and O–H groups in total. The summed E-state index contributed by atoms with van der Waals surface area (Å²) in [5, 5.41) is 7.58. The average Bonchev–Trinajstić information content (AvgIpc) is 3.49. The standard InChI is InChI=1S/C31H39N5O4/c1-35(30(38)22-40-21-27-12-7-19-33-27)36(31(32)39)34-28(17-14-23-8-3-2-4-9-23)29(37)18-15-24-13-16-25-10-5-6-11-26(25)20-24/h2-6,8-11,13,16,20,27-28,33-34H,7,12,14-15,17-19,21-22H2,1H3,(H2,32,39)/t27-,28?/m1/s1. The van der Waals surface area contributed by atoms with Crippen LogP contribution in [0.5, 0.6) is 0 Å². The van der Waals surface area contributed by atoms with E-state index in [4.69, 9.17) is 10.5 Å². The first-order chi connectivity index (χ1) is 19.4. The fourth-order valence-corrected chi connectivity index (χ4v) is 4.93. The number of urea groups is 1. The number of amides is 3. The molecule has 3 aromatic carbocycles. The molecule has 0 spiro atoms. The number of ether oxygens (including phenoxy) is 1. The van der Waals surface area contributed by atoms with Gasteiger partial charge in [0.2, 0.25) is 0 Å². The number of nitrogens with zero attached hydrogens (tertiary/aromatic N) is 2. The number of primary amides is 1. The normalized spacial score (nSPS) is 15.6. The van der Waals surface area contributed by atoms with E-state index in [9.17, 15) is 14.4 Å². The van der Waals surface area contributed by atoms with Crippen LogP contribution in [0.15, 0.2) is 72.8 Å². The van der Waals surface area contributed by atoms with E-state index >= 15 is 0 Å². The van der Waals surface area contributed by atoms with E-state index in [1.165, 1.54) is 7.05 Å². The molecule has 1 aliphatic heterocycles. The van der Waals surface area contributed by atoms with E-state index in [1.807, 2.05) is 48.5 Å². The zero-order valence-corrected chi connectivity index (χ0v) is 23.1. The number of carbonyl (C=O) groups is 3. The number of hydrogen-bond acceptors (Lipinski definition) is 6. The molecule has 4 rings (SSSR count). The average molecular weight is 546 g/mol. The summed E-state index contributed by atoms with van der Waals surface area (Å²) in [7, 11) is 1.44. The summed E-state index contributed by atoms with van der Waals surface area (Å²) in [5.41, 5.74) is 10.7.